The minimum Gasteiger partial charge on any atom is -0.359 e. The van der Waals surface area contributed by atoms with Crippen molar-refractivity contribution in [1.29, 1.82) is 0 Å². The standard InChI is InChI=1S/C15H13F3N4/c1-9-20-12-7-11(10-5-3-2-4-6-10)22-13(12)14(21-9)19-8-15(16,17)18/h2-7,22H,8H2,1H3,(H,19,20,21). The van der Waals surface area contributed by atoms with Gasteiger partial charge in [0.05, 0.1) is 5.52 Å². The number of alkyl halides is 3. The lowest BCUT2D eigenvalue weighted by Gasteiger charge is -2.09. The Morgan fingerprint density at radius 2 is 1.86 bits per heavy atom. The van der Waals surface area contributed by atoms with Gasteiger partial charge in [-0.15, -0.1) is 0 Å². The van der Waals surface area contributed by atoms with Gasteiger partial charge in [-0.25, -0.2) is 9.97 Å². The van der Waals surface area contributed by atoms with E-state index in [-0.39, 0.29) is 5.82 Å². The monoisotopic (exact) mass is 306 g/mol. The van der Waals surface area contributed by atoms with Crippen LogP contribution >= 0.6 is 0 Å². The molecule has 0 unspecified atom stereocenters. The largest absolute Gasteiger partial charge is 0.405 e. The molecule has 0 saturated carbocycles. The molecule has 2 N–H and O–H groups in total. The van der Waals surface area contributed by atoms with Crippen LogP contribution in [0, 0.1) is 6.92 Å². The second kappa shape index (κ2) is 5.32. The van der Waals surface area contributed by atoms with E-state index in [4.69, 9.17) is 0 Å². The number of halogens is 3. The van der Waals surface area contributed by atoms with Gasteiger partial charge in [0.25, 0.3) is 0 Å². The van der Waals surface area contributed by atoms with Crippen molar-refractivity contribution in [2.24, 2.45) is 0 Å². The number of H-pyrrole nitrogens is 1. The van der Waals surface area contributed by atoms with Gasteiger partial charge in [-0.1, -0.05) is 30.3 Å². The lowest BCUT2D eigenvalue weighted by molar-refractivity contribution is -0.115. The second-order valence-electron chi connectivity index (χ2n) is 4.90. The minimum atomic E-state index is -4.31. The fraction of sp³-hybridized carbons (Fsp3) is 0.200. The van der Waals surface area contributed by atoms with Gasteiger partial charge in [-0.3, -0.25) is 0 Å². The summed E-state index contributed by atoms with van der Waals surface area (Å²) >= 11 is 0. The number of nitrogens with zero attached hydrogens (tertiary/aromatic N) is 2. The highest BCUT2D eigenvalue weighted by Crippen LogP contribution is 2.27. The van der Waals surface area contributed by atoms with Crippen molar-refractivity contribution in [3.05, 3.63) is 42.2 Å². The number of benzene rings is 1. The first-order chi connectivity index (χ1) is 10.4. The minimum absolute atomic E-state index is 0.155. The van der Waals surface area contributed by atoms with Crippen LogP contribution in [0.4, 0.5) is 19.0 Å². The lowest BCUT2D eigenvalue weighted by atomic mass is 10.2. The summed E-state index contributed by atoms with van der Waals surface area (Å²) in [5.41, 5.74) is 2.76. The van der Waals surface area contributed by atoms with Crippen LogP contribution in [0.3, 0.4) is 0 Å². The second-order valence-corrected chi connectivity index (χ2v) is 4.90. The normalized spacial score (nSPS) is 11.8. The van der Waals surface area contributed by atoms with Gasteiger partial charge in [0.2, 0.25) is 0 Å². The van der Waals surface area contributed by atoms with E-state index in [9.17, 15) is 13.2 Å². The van der Waals surface area contributed by atoms with E-state index in [1.807, 2.05) is 30.3 Å². The highest BCUT2D eigenvalue weighted by atomic mass is 19.4. The molecule has 0 aliphatic carbocycles. The average Bonchev–Trinajstić information content (AvgIpc) is 2.88. The maximum Gasteiger partial charge on any atom is 0.405 e. The van der Waals surface area contributed by atoms with Gasteiger partial charge in [0, 0.05) is 5.69 Å². The van der Waals surface area contributed by atoms with Crippen molar-refractivity contribution < 1.29 is 13.2 Å². The first-order valence-corrected chi connectivity index (χ1v) is 6.66. The van der Waals surface area contributed by atoms with Gasteiger partial charge in [-0.05, 0) is 18.6 Å². The Morgan fingerprint density at radius 3 is 2.55 bits per heavy atom. The topological polar surface area (TPSA) is 53.6 Å². The molecular weight excluding hydrogens is 293 g/mol. The summed E-state index contributed by atoms with van der Waals surface area (Å²) in [6.07, 6.45) is -4.31. The quantitative estimate of drug-likeness (QED) is 0.771. The van der Waals surface area contributed by atoms with Crippen molar-refractivity contribution in [1.82, 2.24) is 15.0 Å². The molecule has 0 radical (unpaired) electrons. The van der Waals surface area contributed by atoms with E-state index in [0.717, 1.165) is 11.3 Å². The van der Waals surface area contributed by atoms with Crippen molar-refractivity contribution in [3.63, 3.8) is 0 Å². The molecule has 1 aromatic carbocycles. The van der Waals surface area contributed by atoms with Crippen molar-refractivity contribution in [3.8, 4) is 11.3 Å². The molecule has 3 rings (SSSR count). The van der Waals surface area contributed by atoms with Crippen LogP contribution in [0.5, 0.6) is 0 Å². The van der Waals surface area contributed by atoms with Crippen molar-refractivity contribution in [2.75, 3.05) is 11.9 Å². The predicted molar refractivity (Wildman–Crippen MR) is 78.6 cm³/mol. The predicted octanol–water partition coefficient (Wildman–Crippen LogP) is 3.91. The number of fused-ring (bicyclic) bond motifs is 1. The third-order valence-electron chi connectivity index (χ3n) is 3.13. The summed E-state index contributed by atoms with van der Waals surface area (Å²) in [7, 11) is 0. The van der Waals surface area contributed by atoms with Crippen molar-refractivity contribution >= 4 is 16.9 Å². The Balaban J connectivity index is 2.03. The van der Waals surface area contributed by atoms with E-state index in [2.05, 4.69) is 20.3 Å². The number of aromatic nitrogens is 3. The van der Waals surface area contributed by atoms with E-state index in [1.54, 1.807) is 13.0 Å². The molecule has 2 aromatic heterocycles. The highest BCUT2D eigenvalue weighted by Gasteiger charge is 2.27. The van der Waals surface area contributed by atoms with E-state index < -0.39 is 12.7 Å². The molecule has 3 aromatic rings. The van der Waals surface area contributed by atoms with Crippen LogP contribution in [-0.2, 0) is 0 Å². The molecule has 0 atom stereocenters. The number of anilines is 1. The summed E-state index contributed by atoms with van der Waals surface area (Å²) in [4.78, 5) is 11.4. The smallest absolute Gasteiger partial charge is 0.359 e. The molecule has 0 aliphatic rings. The molecule has 2 heterocycles. The molecule has 0 fully saturated rings. The maximum atomic E-state index is 12.4. The zero-order chi connectivity index (χ0) is 15.7. The first-order valence-electron chi connectivity index (χ1n) is 6.66. The molecule has 114 valence electrons. The Kier molecular flexibility index (Phi) is 3.48. The fourth-order valence-corrected chi connectivity index (χ4v) is 2.21. The molecule has 7 heteroatoms. The Labute approximate surface area is 124 Å². The molecule has 4 nitrogen and oxygen atoms in total. The fourth-order valence-electron chi connectivity index (χ4n) is 2.21. The Bertz CT molecular complexity index is 794. The number of hydrogen-bond acceptors (Lipinski definition) is 3. The van der Waals surface area contributed by atoms with Gasteiger partial charge < -0.3 is 10.3 Å². The van der Waals surface area contributed by atoms with Crippen LogP contribution in [0.15, 0.2) is 36.4 Å². The van der Waals surface area contributed by atoms with Crippen LogP contribution in [0.1, 0.15) is 5.82 Å². The summed E-state index contributed by atoms with van der Waals surface area (Å²) in [6.45, 7) is 0.506. The van der Waals surface area contributed by atoms with Crippen molar-refractivity contribution in [2.45, 2.75) is 13.1 Å². The zero-order valence-corrected chi connectivity index (χ0v) is 11.7. The van der Waals surface area contributed by atoms with Crippen LogP contribution in [0.25, 0.3) is 22.3 Å². The molecule has 22 heavy (non-hydrogen) atoms. The summed E-state index contributed by atoms with van der Waals surface area (Å²) in [5.74, 6) is 0.567. The molecule has 0 saturated heterocycles. The van der Waals surface area contributed by atoms with Gasteiger partial charge in [-0.2, -0.15) is 13.2 Å². The average molecular weight is 306 g/mol. The number of aromatic amines is 1. The maximum absolute atomic E-state index is 12.4. The summed E-state index contributed by atoms with van der Waals surface area (Å²) in [6, 6.07) is 11.3. The number of hydrogen-bond donors (Lipinski definition) is 2. The lowest BCUT2D eigenvalue weighted by Crippen LogP contribution is -2.22. The molecule has 0 spiro atoms. The molecule has 0 bridgehead atoms. The van der Waals surface area contributed by atoms with E-state index in [0.29, 0.717) is 16.9 Å². The number of nitrogens with one attached hydrogen (secondary N) is 2. The molecule has 0 amide bonds. The zero-order valence-electron chi connectivity index (χ0n) is 11.7. The third-order valence-corrected chi connectivity index (χ3v) is 3.13. The van der Waals surface area contributed by atoms with Gasteiger partial charge >= 0.3 is 6.18 Å². The number of aryl methyl sites for hydroxylation is 1. The summed E-state index contributed by atoms with van der Waals surface area (Å²) < 4.78 is 37.2. The highest BCUT2D eigenvalue weighted by molar-refractivity contribution is 5.90. The Morgan fingerprint density at radius 1 is 1.14 bits per heavy atom. The number of rotatable bonds is 3. The van der Waals surface area contributed by atoms with Gasteiger partial charge in [0.15, 0.2) is 5.82 Å². The van der Waals surface area contributed by atoms with E-state index in [1.165, 1.54) is 0 Å². The van der Waals surface area contributed by atoms with Crippen LogP contribution in [-0.4, -0.2) is 27.7 Å². The van der Waals surface area contributed by atoms with Crippen LogP contribution < -0.4 is 5.32 Å². The summed E-state index contributed by atoms with van der Waals surface area (Å²) in [5, 5.41) is 2.33. The Hall–Kier alpha value is -2.57. The first kappa shape index (κ1) is 14.4. The van der Waals surface area contributed by atoms with E-state index >= 15 is 0 Å². The SMILES string of the molecule is Cc1nc(NCC(F)(F)F)c2[nH]c(-c3ccccc3)cc2n1. The molecule has 0 aliphatic heterocycles. The van der Waals surface area contributed by atoms with Crippen LogP contribution in [0.2, 0.25) is 0 Å². The molecular formula is C15H13F3N4. The third kappa shape index (κ3) is 3.03. The van der Waals surface area contributed by atoms with Gasteiger partial charge in [0.1, 0.15) is 17.9 Å².